The van der Waals surface area contributed by atoms with Crippen LogP contribution in [0.4, 0.5) is 26.3 Å². The number of hydrogen-bond acceptors (Lipinski definition) is 3. The van der Waals surface area contributed by atoms with Crippen molar-refractivity contribution in [3.05, 3.63) is 22.9 Å². The summed E-state index contributed by atoms with van der Waals surface area (Å²) in [6.45, 7) is 0. The fourth-order valence-electron chi connectivity index (χ4n) is 1.15. The number of pyridine rings is 1. The Morgan fingerprint density at radius 1 is 1.26 bits per heavy atom. The van der Waals surface area contributed by atoms with Crippen molar-refractivity contribution in [2.45, 2.75) is 17.9 Å². The quantitative estimate of drug-likeness (QED) is 0.473. The van der Waals surface area contributed by atoms with Gasteiger partial charge < -0.3 is 4.74 Å². The van der Waals surface area contributed by atoms with Crippen LogP contribution in [0.5, 0.6) is 5.88 Å². The van der Waals surface area contributed by atoms with Crippen LogP contribution in [0.15, 0.2) is 6.07 Å². The van der Waals surface area contributed by atoms with Gasteiger partial charge in [0.05, 0.1) is 0 Å². The number of halogens is 7. The molecule has 106 valence electrons. The molecule has 1 aromatic rings. The zero-order chi connectivity index (χ0) is 14.8. The normalized spacial score (nSPS) is 12.4. The summed E-state index contributed by atoms with van der Waals surface area (Å²) in [6, 6.07) is 0.382. The number of rotatable bonds is 3. The number of nitrogens with zero attached hydrogens (tertiary/aromatic N) is 1. The van der Waals surface area contributed by atoms with E-state index in [1.165, 1.54) is 0 Å². The SMILES string of the molecule is O=Cc1nc(OC(F)(F)F)c(C(F)(F)F)cc1CBr. The number of aromatic nitrogens is 1. The molecule has 1 aromatic heterocycles. The van der Waals surface area contributed by atoms with E-state index in [9.17, 15) is 31.1 Å². The zero-order valence-corrected chi connectivity index (χ0v) is 10.4. The Hall–Kier alpha value is -1.32. The van der Waals surface area contributed by atoms with Crippen molar-refractivity contribution in [2.75, 3.05) is 0 Å². The van der Waals surface area contributed by atoms with Crippen molar-refractivity contribution in [2.24, 2.45) is 0 Å². The van der Waals surface area contributed by atoms with Crippen molar-refractivity contribution in [3.8, 4) is 5.88 Å². The standard InChI is InChI=1S/C9H4BrF6NO2/c10-2-4-1-5(8(11,12)13)7(17-6(4)3-18)19-9(14,15)16/h1,3H,2H2. The molecule has 0 saturated carbocycles. The average molecular weight is 352 g/mol. The number of carbonyl (C=O) groups is 1. The minimum atomic E-state index is -5.34. The highest BCUT2D eigenvalue weighted by Gasteiger charge is 2.41. The summed E-state index contributed by atoms with van der Waals surface area (Å²) in [7, 11) is 0. The molecule has 0 aliphatic rings. The largest absolute Gasteiger partial charge is 0.574 e. The van der Waals surface area contributed by atoms with Gasteiger partial charge in [0.2, 0.25) is 5.88 Å². The van der Waals surface area contributed by atoms with E-state index < -0.39 is 29.7 Å². The Morgan fingerprint density at radius 2 is 1.84 bits per heavy atom. The zero-order valence-electron chi connectivity index (χ0n) is 8.77. The first-order valence-corrected chi connectivity index (χ1v) is 5.58. The van der Waals surface area contributed by atoms with Crippen LogP contribution >= 0.6 is 15.9 Å². The third kappa shape index (κ3) is 4.08. The summed E-state index contributed by atoms with van der Waals surface area (Å²) < 4.78 is 77.0. The van der Waals surface area contributed by atoms with E-state index in [1.54, 1.807) is 0 Å². The van der Waals surface area contributed by atoms with Gasteiger partial charge in [-0.2, -0.15) is 13.2 Å². The molecule has 1 heterocycles. The number of alkyl halides is 7. The molecule has 0 aromatic carbocycles. The molecule has 10 heteroatoms. The fourth-order valence-corrected chi connectivity index (χ4v) is 1.60. The van der Waals surface area contributed by atoms with Crippen LogP contribution in [0.1, 0.15) is 21.6 Å². The highest BCUT2D eigenvalue weighted by atomic mass is 79.9. The van der Waals surface area contributed by atoms with Gasteiger partial charge in [-0.25, -0.2) is 4.98 Å². The number of carbonyl (C=O) groups excluding carboxylic acids is 1. The predicted molar refractivity (Wildman–Crippen MR) is 53.9 cm³/mol. The number of hydrogen-bond donors (Lipinski definition) is 0. The lowest BCUT2D eigenvalue weighted by atomic mass is 10.1. The molecule has 0 spiro atoms. The summed E-state index contributed by atoms with van der Waals surface area (Å²) >= 11 is 2.81. The van der Waals surface area contributed by atoms with Gasteiger partial charge in [-0.05, 0) is 11.6 Å². The molecule has 0 N–H and O–H groups in total. The highest BCUT2D eigenvalue weighted by Crippen LogP contribution is 2.38. The molecule has 0 amide bonds. The predicted octanol–water partition coefficient (Wildman–Crippen LogP) is 3.71. The second kappa shape index (κ2) is 5.35. The van der Waals surface area contributed by atoms with Gasteiger partial charge in [0, 0.05) is 5.33 Å². The molecule has 0 aliphatic heterocycles. The maximum absolute atomic E-state index is 12.6. The first-order chi connectivity index (χ1) is 8.58. The van der Waals surface area contributed by atoms with E-state index in [0.717, 1.165) is 0 Å². The monoisotopic (exact) mass is 351 g/mol. The minimum absolute atomic E-state index is 0.0416. The molecular formula is C9H4BrF6NO2. The summed E-state index contributed by atoms with van der Waals surface area (Å²) in [5.74, 6) is -1.70. The van der Waals surface area contributed by atoms with Crippen molar-refractivity contribution >= 4 is 22.2 Å². The smallest absolute Gasteiger partial charge is 0.387 e. The molecule has 0 unspecified atom stereocenters. The third-order valence-electron chi connectivity index (χ3n) is 1.87. The van der Waals surface area contributed by atoms with E-state index in [1.807, 2.05) is 0 Å². The van der Waals surface area contributed by atoms with Gasteiger partial charge in [-0.15, -0.1) is 13.2 Å². The molecule has 0 aliphatic carbocycles. The summed E-state index contributed by atoms with van der Waals surface area (Å²) in [4.78, 5) is 13.5. The summed E-state index contributed by atoms with van der Waals surface area (Å²) in [6.07, 6.45) is -10.4. The average Bonchev–Trinajstić information content (AvgIpc) is 2.24. The molecule has 0 bridgehead atoms. The molecule has 0 saturated heterocycles. The maximum atomic E-state index is 12.6. The minimum Gasteiger partial charge on any atom is -0.387 e. The van der Waals surface area contributed by atoms with Crippen LogP contribution in [0.2, 0.25) is 0 Å². The van der Waals surface area contributed by atoms with E-state index in [-0.39, 0.29) is 17.2 Å². The Kier molecular flexibility index (Phi) is 4.43. The van der Waals surface area contributed by atoms with E-state index >= 15 is 0 Å². The molecule has 3 nitrogen and oxygen atoms in total. The lowest BCUT2D eigenvalue weighted by Gasteiger charge is -2.16. The summed E-state index contributed by atoms with van der Waals surface area (Å²) in [5.41, 5.74) is -2.47. The summed E-state index contributed by atoms with van der Waals surface area (Å²) in [5, 5.41) is -0.177. The van der Waals surface area contributed by atoms with Gasteiger partial charge in [0.25, 0.3) is 0 Å². The van der Waals surface area contributed by atoms with Crippen molar-refractivity contribution in [1.29, 1.82) is 0 Å². The van der Waals surface area contributed by atoms with Crippen molar-refractivity contribution in [1.82, 2.24) is 4.98 Å². The molecule has 1 rings (SSSR count). The van der Waals surface area contributed by atoms with Crippen LogP contribution in [-0.2, 0) is 11.5 Å². The van der Waals surface area contributed by atoms with Gasteiger partial charge >= 0.3 is 12.5 Å². The molecular weight excluding hydrogens is 348 g/mol. The Bertz CT molecular complexity index is 485. The van der Waals surface area contributed by atoms with Crippen LogP contribution in [0.25, 0.3) is 0 Å². The third-order valence-corrected chi connectivity index (χ3v) is 2.48. The van der Waals surface area contributed by atoms with Crippen molar-refractivity contribution in [3.63, 3.8) is 0 Å². The first kappa shape index (κ1) is 15.7. The van der Waals surface area contributed by atoms with Crippen LogP contribution in [0, 0.1) is 0 Å². The fraction of sp³-hybridized carbons (Fsp3) is 0.333. The van der Waals surface area contributed by atoms with Crippen molar-refractivity contribution < 1.29 is 35.9 Å². The second-order valence-electron chi connectivity index (χ2n) is 3.18. The van der Waals surface area contributed by atoms with Crippen LogP contribution < -0.4 is 4.74 Å². The number of ether oxygens (including phenoxy) is 1. The van der Waals surface area contributed by atoms with E-state index in [0.29, 0.717) is 6.07 Å². The van der Waals surface area contributed by atoms with E-state index in [4.69, 9.17) is 0 Å². The lowest BCUT2D eigenvalue weighted by molar-refractivity contribution is -0.277. The van der Waals surface area contributed by atoms with Crippen LogP contribution in [-0.4, -0.2) is 17.6 Å². The molecule has 19 heavy (non-hydrogen) atoms. The molecule has 0 atom stereocenters. The second-order valence-corrected chi connectivity index (χ2v) is 3.74. The van der Waals surface area contributed by atoms with Gasteiger partial charge in [-0.1, -0.05) is 15.9 Å². The maximum Gasteiger partial charge on any atom is 0.574 e. The van der Waals surface area contributed by atoms with Crippen LogP contribution in [0.3, 0.4) is 0 Å². The number of aldehydes is 1. The molecule has 0 radical (unpaired) electrons. The van der Waals surface area contributed by atoms with Gasteiger partial charge in [-0.3, -0.25) is 4.79 Å². The van der Waals surface area contributed by atoms with Gasteiger partial charge in [0.15, 0.2) is 6.29 Å². The Balaban J connectivity index is 3.45. The first-order valence-electron chi connectivity index (χ1n) is 4.46. The van der Waals surface area contributed by atoms with E-state index in [2.05, 4.69) is 25.7 Å². The topological polar surface area (TPSA) is 39.2 Å². The Morgan fingerprint density at radius 3 is 2.21 bits per heavy atom. The molecule has 0 fully saturated rings. The highest BCUT2D eigenvalue weighted by molar-refractivity contribution is 9.08. The van der Waals surface area contributed by atoms with Gasteiger partial charge in [0.1, 0.15) is 11.3 Å². The Labute approximate surface area is 110 Å². The lowest BCUT2D eigenvalue weighted by Crippen LogP contribution is -2.22.